The minimum atomic E-state index is -0.834. The first-order valence-corrected chi connectivity index (χ1v) is 6.61. The molecule has 1 aromatic carbocycles. The molecule has 2 aromatic rings. The first kappa shape index (κ1) is 13.7. The van der Waals surface area contributed by atoms with Gasteiger partial charge in [-0.2, -0.15) is 0 Å². The van der Waals surface area contributed by atoms with Gasteiger partial charge < -0.3 is 4.90 Å². The lowest BCUT2D eigenvalue weighted by Gasteiger charge is -2.17. The second-order valence-corrected chi connectivity index (χ2v) is 5.29. The van der Waals surface area contributed by atoms with Crippen molar-refractivity contribution in [1.82, 2.24) is 4.90 Å². The molecule has 0 saturated carbocycles. The number of halogens is 2. The maximum absolute atomic E-state index is 13.5. The van der Waals surface area contributed by atoms with Crippen molar-refractivity contribution in [2.45, 2.75) is 13.5 Å². The number of nitrogens with zero attached hydrogens (tertiary/aromatic N) is 1. The lowest BCUT2D eigenvalue weighted by atomic mass is 10.1. The van der Waals surface area contributed by atoms with Gasteiger partial charge in [-0.1, -0.05) is 6.07 Å². The van der Waals surface area contributed by atoms with Crippen LogP contribution in [0.3, 0.4) is 0 Å². The summed E-state index contributed by atoms with van der Waals surface area (Å²) >= 11 is 1.52. The van der Waals surface area contributed by atoms with Gasteiger partial charge in [0.2, 0.25) is 0 Å². The minimum Gasteiger partial charge on any atom is -0.336 e. The average Bonchev–Trinajstić information content (AvgIpc) is 2.74. The number of amides is 1. The van der Waals surface area contributed by atoms with E-state index in [1.807, 2.05) is 18.4 Å². The molecule has 2 nitrogen and oxygen atoms in total. The van der Waals surface area contributed by atoms with Crippen molar-refractivity contribution < 1.29 is 13.6 Å². The smallest absolute Gasteiger partial charge is 0.259 e. The van der Waals surface area contributed by atoms with E-state index in [2.05, 4.69) is 0 Å². The fraction of sp³-hybridized carbons (Fsp3) is 0.214. The van der Waals surface area contributed by atoms with Crippen molar-refractivity contribution in [1.29, 1.82) is 0 Å². The quantitative estimate of drug-likeness (QED) is 0.841. The summed E-state index contributed by atoms with van der Waals surface area (Å²) in [4.78, 5) is 14.4. The Morgan fingerprint density at radius 3 is 2.42 bits per heavy atom. The summed E-state index contributed by atoms with van der Waals surface area (Å²) in [5, 5.41) is 1.92. The zero-order chi connectivity index (χ0) is 14.0. The number of benzene rings is 1. The molecule has 1 aromatic heterocycles. The van der Waals surface area contributed by atoms with Crippen molar-refractivity contribution in [3.05, 3.63) is 57.3 Å². The Morgan fingerprint density at radius 1 is 1.26 bits per heavy atom. The van der Waals surface area contributed by atoms with Crippen LogP contribution < -0.4 is 0 Å². The van der Waals surface area contributed by atoms with Crippen LogP contribution in [0.1, 0.15) is 20.8 Å². The van der Waals surface area contributed by atoms with Gasteiger partial charge in [-0.3, -0.25) is 4.79 Å². The molecule has 100 valence electrons. The van der Waals surface area contributed by atoms with Gasteiger partial charge in [-0.15, -0.1) is 11.3 Å². The predicted molar refractivity (Wildman–Crippen MR) is 71.2 cm³/mol. The minimum absolute atomic E-state index is 0.343. The van der Waals surface area contributed by atoms with Crippen LogP contribution in [-0.4, -0.2) is 17.9 Å². The molecule has 0 spiro atoms. The number of thiophene rings is 1. The fourth-order valence-electron chi connectivity index (χ4n) is 1.75. The van der Waals surface area contributed by atoms with Crippen LogP contribution in [0, 0.1) is 18.6 Å². The third-order valence-corrected chi connectivity index (χ3v) is 3.88. The highest BCUT2D eigenvalue weighted by Crippen LogP contribution is 2.20. The topological polar surface area (TPSA) is 20.3 Å². The molecular weight excluding hydrogens is 268 g/mol. The van der Waals surface area contributed by atoms with E-state index < -0.39 is 23.1 Å². The first-order valence-electron chi connectivity index (χ1n) is 5.73. The molecule has 0 bridgehead atoms. The highest BCUT2D eigenvalue weighted by atomic mass is 32.1. The molecule has 0 saturated heterocycles. The molecule has 0 radical (unpaired) electrons. The summed E-state index contributed by atoms with van der Waals surface area (Å²) < 4.78 is 27.1. The predicted octanol–water partition coefficient (Wildman–Crippen LogP) is 3.61. The van der Waals surface area contributed by atoms with E-state index in [0.29, 0.717) is 6.54 Å². The van der Waals surface area contributed by atoms with Crippen LogP contribution in [-0.2, 0) is 6.54 Å². The van der Waals surface area contributed by atoms with Crippen molar-refractivity contribution in [2.75, 3.05) is 7.05 Å². The molecular formula is C14H13F2NOS. The van der Waals surface area contributed by atoms with Gasteiger partial charge in [-0.05, 0) is 36.1 Å². The Kier molecular flexibility index (Phi) is 3.95. The molecule has 0 aliphatic heterocycles. The summed E-state index contributed by atoms with van der Waals surface area (Å²) in [7, 11) is 1.54. The van der Waals surface area contributed by atoms with E-state index >= 15 is 0 Å². The molecule has 0 aliphatic carbocycles. The zero-order valence-corrected chi connectivity index (χ0v) is 11.4. The average molecular weight is 281 g/mol. The SMILES string of the molecule is Cc1ccsc1CN(C)C(=O)c1c(F)cccc1F. The molecule has 5 heteroatoms. The lowest BCUT2D eigenvalue weighted by Crippen LogP contribution is -2.27. The lowest BCUT2D eigenvalue weighted by molar-refractivity contribution is 0.0776. The van der Waals surface area contributed by atoms with Crippen molar-refractivity contribution in [2.24, 2.45) is 0 Å². The van der Waals surface area contributed by atoms with Gasteiger partial charge in [0, 0.05) is 11.9 Å². The molecule has 1 amide bonds. The Hall–Kier alpha value is -1.75. The maximum Gasteiger partial charge on any atom is 0.259 e. The highest BCUT2D eigenvalue weighted by Gasteiger charge is 2.21. The second-order valence-electron chi connectivity index (χ2n) is 4.28. The van der Waals surface area contributed by atoms with Gasteiger partial charge in [0.1, 0.15) is 17.2 Å². The number of hydrogen-bond acceptors (Lipinski definition) is 2. The van der Waals surface area contributed by atoms with Gasteiger partial charge in [0.25, 0.3) is 5.91 Å². The first-order chi connectivity index (χ1) is 9.00. The van der Waals surface area contributed by atoms with Crippen molar-refractivity contribution in [3.63, 3.8) is 0 Å². The van der Waals surface area contributed by atoms with E-state index in [4.69, 9.17) is 0 Å². The number of hydrogen-bond donors (Lipinski definition) is 0. The van der Waals surface area contributed by atoms with Crippen LogP contribution in [0.5, 0.6) is 0 Å². The molecule has 0 atom stereocenters. The Labute approximate surface area is 114 Å². The summed E-state index contributed by atoms with van der Waals surface area (Å²) in [6.07, 6.45) is 0. The second kappa shape index (κ2) is 5.48. The molecule has 19 heavy (non-hydrogen) atoms. The maximum atomic E-state index is 13.5. The van der Waals surface area contributed by atoms with Crippen LogP contribution >= 0.6 is 11.3 Å². The molecule has 0 aliphatic rings. The van der Waals surface area contributed by atoms with Crippen LogP contribution in [0.4, 0.5) is 8.78 Å². The third-order valence-electron chi connectivity index (χ3n) is 2.87. The van der Waals surface area contributed by atoms with Crippen molar-refractivity contribution >= 4 is 17.2 Å². The Balaban J connectivity index is 2.22. The molecule has 1 heterocycles. The van der Waals surface area contributed by atoms with E-state index in [-0.39, 0.29) is 0 Å². The fourth-order valence-corrected chi connectivity index (χ4v) is 2.70. The Bertz CT molecular complexity index is 589. The van der Waals surface area contributed by atoms with Crippen molar-refractivity contribution in [3.8, 4) is 0 Å². The van der Waals surface area contributed by atoms with Crippen LogP contribution in [0.2, 0.25) is 0 Å². The normalized spacial score (nSPS) is 10.5. The largest absolute Gasteiger partial charge is 0.336 e. The highest BCUT2D eigenvalue weighted by molar-refractivity contribution is 7.10. The molecule has 2 rings (SSSR count). The number of rotatable bonds is 3. The van der Waals surface area contributed by atoms with E-state index in [0.717, 1.165) is 22.6 Å². The van der Waals surface area contributed by atoms with E-state index in [1.54, 1.807) is 0 Å². The van der Waals surface area contributed by atoms with Gasteiger partial charge in [0.05, 0.1) is 6.54 Å². The molecule has 0 N–H and O–H groups in total. The van der Waals surface area contributed by atoms with E-state index in [9.17, 15) is 13.6 Å². The summed E-state index contributed by atoms with van der Waals surface area (Å²) in [6, 6.07) is 5.36. The number of carbonyl (C=O) groups is 1. The van der Waals surface area contributed by atoms with Gasteiger partial charge in [-0.25, -0.2) is 8.78 Å². The van der Waals surface area contributed by atoms with Gasteiger partial charge >= 0.3 is 0 Å². The Morgan fingerprint density at radius 2 is 1.89 bits per heavy atom. The monoisotopic (exact) mass is 281 g/mol. The molecule has 0 unspecified atom stereocenters. The zero-order valence-electron chi connectivity index (χ0n) is 10.6. The molecule has 0 fully saturated rings. The summed E-state index contributed by atoms with van der Waals surface area (Å²) in [6.45, 7) is 2.28. The summed E-state index contributed by atoms with van der Waals surface area (Å²) in [5.74, 6) is -2.32. The standard InChI is InChI=1S/C14H13F2NOS/c1-9-6-7-19-12(9)8-17(2)14(18)13-10(15)4-3-5-11(13)16/h3-7H,8H2,1-2H3. The number of carbonyl (C=O) groups excluding carboxylic acids is 1. The van der Waals surface area contributed by atoms with E-state index in [1.165, 1.54) is 29.4 Å². The van der Waals surface area contributed by atoms with Crippen LogP contribution in [0.25, 0.3) is 0 Å². The van der Waals surface area contributed by atoms with Gasteiger partial charge in [0.15, 0.2) is 0 Å². The summed E-state index contributed by atoms with van der Waals surface area (Å²) in [5.41, 5.74) is 0.567. The number of aryl methyl sites for hydroxylation is 1. The third kappa shape index (κ3) is 2.81. The van der Waals surface area contributed by atoms with Crippen LogP contribution in [0.15, 0.2) is 29.6 Å².